The monoisotopic (exact) mass is 419 g/mol. The van der Waals surface area contributed by atoms with Crippen molar-refractivity contribution in [1.82, 2.24) is 0 Å². The van der Waals surface area contributed by atoms with Crippen LogP contribution in [-0.2, 0) is 0 Å². The maximum absolute atomic E-state index is 13.9. The van der Waals surface area contributed by atoms with Crippen molar-refractivity contribution in [2.24, 2.45) is 0 Å². The zero-order chi connectivity index (χ0) is 21.6. The lowest BCUT2D eigenvalue weighted by atomic mass is 9.68. The summed E-state index contributed by atoms with van der Waals surface area (Å²) in [5.41, 5.74) is 3.38. The number of anilines is 1. The number of nitrogens with one attached hydrogen (secondary N) is 1. The zero-order valence-corrected chi connectivity index (χ0v) is 17.3. The molecule has 1 fully saturated rings. The minimum absolute atomic E-state index is 0.0826. The summed E-state index contributed by atoms with van der Waals surface area (Å²) in [6.45, 7) is 2.10. The lowest BCUT2D eigenvalue weighted by Gasteiger charge is -2.48. The number of hydrogen-bond acceptors (Lipinski definition) is 2. The Bertz CT molecular complexity index is 1130. The van der Waals surface area contributed by atoms with Crippen molar-refractivity contribution in [2.45, 2.75) is 44.1 Å². The van der Waals surface area contributed by atoms with Crippen LogP contribution in [0.5, 0.6) is 5.75 Å². The van der Waals surface area contributed by atoms with Crippen molar-refractivity contribution in [3.05, 3.63) is 94.6 Å². The van der Waals surface area contributed by atoms with Crippen LogP contribution in [0.3, 0.4) is 0 Å². The molecule has 3 aromatic rings. The molecule has 0 aromatic heterocycles. The number of carbonyl (C=O) groups is 1. The molecule has 1 amide bonds. The predicted molar refractivity (Wildman–Crippen MR) is 116 cm³/mol. The molecule has 1 unspecified atom stereocenters. The summed E-state index contributed by atoms with van der Waals surface area (Å²) in [5.74, 6) is -1.39. The molecular formula is C26H23F2NO2. The van der Waals surface area contributed by atoms with E-state index in [1.54, 1.807) is 12.1 Å². The quantitative estimate of drug-likeness (QED) is 0.536. The Morgan fingerprint density at radius 1 is 1.00 bits per heavy atom. The molecule has 1 saturated carbocycles. The first-order valence-corrected chi connectivity index (χ1v) is 10.6. The molecule has 0 saturated heterocycles. The summed E-state index contributed by atoms with van der Waals surface area (Å²) in [6.07, 6.45) is 4.25. The van der Waals surface area contributed by atoms with Crippen molar-refractivity contribution in [1.29, 1.82) is 0 Å². The standard InChI is InChI=1S/C26H23F2NO2/c1-16-5-2-8-22-23(16)19(15-26(31-22)13-4-14-26)17-9-11-18(12-10-17)29-25(30)24-20(27)6-3-7-21(24)28/h2-3,5-12,19H,4,13-15H2,1H3,(H,29,30). The summed E-state index contributed by atoms with van der Waals surface area (Å²) < 4.78 is 34.2. The van der Waals surface area contributed by atoms with Crippen LogP contribution in [0.15, 0.2) is 60.7 Å². The highest BCUT2D eigenvalue weighted by molar-refractivity contribution is 6.04. The number of hydrogen-bond donors (Lipinski definition) is 1. The Morgan fingerprint density at radius 3 is 2.32 bits per heavy atom. The maximum atomic E-state index is 13.9. The van der Waals surface area contributed by atoms with E-state index in [-0.39, 0.29) is 11.5 Å². The molecule has 3 aromatic carbocycles. The highest BCUT2D eigenvalue weighted by Gasteiger charge is 2.46. The fraction of sp³-hybridized carbons (Fsp3) is 0.269. The molecule has 0 radical (unpaired) electrons. The second-order valence-electron chi connectivity index (χ2n) is 8.55. The second kappa shape index (κ2) is 7.49. The predicted octanol–water partition coefficient (Wildman–Crippen LogP) is 6.36. The topological polar surface area (TPSA) is 38.3 Å². The summed E-state index contributed by atoms with van der Waals surface area (Å²) in [5, 5.41) is 2.60. The van der Waals surface area contributed by atoms with Crippen LogP contribution in [-0.4, -0.2) is 11.5 Å². The fourth-order valence-corrected chi connectivity index (χ4v) is 4.81. The Morgan fingerprint density at radius 2 is 1.68 bits per heavy atom. The minimum atomic E-state index is -0.880. The van der Waals surface area contributed by atoms with Crippen LogP contribution in [0.25, 0.3) is 0 Å². The number of carbonyl (C=O) groups excluding carboxylic acids is 1. The fourth-order valence-electron chi connectivity index (χ4n) is 4.81. The Hall–Kier alpha value is -3.21. The van der Waals surface area contributed by atoms with E-state index in [0.29, 0.717) is 5.69 Å². The molecule has 2 aliphatic rings. The van der Waals surface area contributed by atoms with E-state index in [4.69, 9.17) is 4.74 Å². The Balaban J connectivity index is 1.42. The van der Waals surface area contributed by atoms with Gasteiger partial charge in [-0.3, -0.25) is 4.79 Å². The molecule has 0 bridgehead atoms. The molecule has 158 valence electrons. The van der Waals surface area contributed by atoms with E-state index in [1.807, 2.05) is 24.3 Å². The smallest absolute Gasteiger partial charge is 0.261 e. The Kier molecular flexibility index (Phi) is 4.77. The lowest BCUT2D eigenvalue weighted by molar-refractivity contribution is -0.0300. The van der Waals surface area contributed by atoms with Gasteiger partial charge in [-0.1, -0.05) is 30.3 Å². The van der Waals surface area contributed by atoms with Crippen molar-refractivity contribution in [2.75, 3.05) is 5.32 Å². The van der Waals surface area contributed by atoms with Crippen LogP contribution in [0.4, 0.5) is 14.5 Å². The van der Waals surface area contributed by atoms with Crippen LogP contribution in [0.2, 0.25) is 0 Å². The van der Waals surface area contributed by atoms with Gasteiger partial charge in [0.1, 0.15) is 28.5 Å². The van der Waals surface area contributed by atoms with Gasteiger partial charge in [0.25, 0.3) is 5.91 Å². The molecule has 1 aliphatic carbocycles. The third-order valence-corrected chi connectivity index (χ3v) is 6.56. The van der Waals surface area contributed by atoms with E-state index in [1.165, 1.54) is 23.6 Å². The number of aryl methyl sites for hydroxylation is 1. The molecule has 3 nitrogen and oxygen atoms in total. The minimum Gasteiger partial charge on any atom is -0.487 e. The van der Waals surface area contributed by atoms with Gasteiger partial charge in [0, 0.05) is 17.2 Å². The van der Waals surface area contributed by atoms with Crippen LogP contribution < -0.4 is 10.1 Å². The molecule has 1 spiro atoms. The van der Waals surface area contributed by atoms with Gasteiger partial charge in [-0.25, -0.2) is 8.78 Å². The third kappa shape index (κ3) is 3.48. The lowest BCUT2D eigenvalue weighted by Crippen LogP contribution is -2.47. The van der Waals surface area contributed by atoms with E-state index >= 15 is 0 Å². The molecule has 5 rings (SSSR count). The molecule has 1 atom stereocenters. The number of amides is 1. The van der Waals surface area contributed by atoms with Gasteiger partial charge < -0.3 is 10.1 Å². The number of ether oxygens (including phenoxy) is 1. The first kappa shape index (κ1) is 19.7. The number of rotatable bonds is 3. The summed E-state index contributed by atoms with van der Waals surface area (Å²) in [6, 6.07) is 17.1. The first-order valence-electron chi connectivity index (χ1n) is 10.6. The third-order valence-electron chi connectivity index (χ3n) is 6.56. The van der Waals surface area contributed by atoms with Gasteiger partial charge in [0.05, 0.1) is 0 Å². The molecule has 1 N–H and O–H groups in total. The van der Waals surface area contributed by atoms with E-state index < -0.39 is 23.1 Å². The van der Waals surface area contributed by atoms with Crippen LogP contribution in [0.1, 0.15) is 58.6 Å². The van der Waals surface area contributed by atoms with Crippen LogP contribution >= 0.6 is 0 Å². The highest BCUT2D eigenvalue weighted by Crippen LogP contribution is 2.52. The summed E-state index contributed by atoms with van der Waals surface area (Å²) in [4.78, 5) is 12.4. The average Bonchev–Trinajstić information content (AvgIpc) is 2.72. The van der Waals surface area contributed by atoms with Gasteiger partial charge >= 0.3 is 0 Å². The summed E-state index contributed by atoms with van der Waals surface area (Å²) >= 11 is 0. The van der Waals surface area contributed by atoms with E-state index in [2.05, 4.69) is 18.3 Å². The van der Waals surface area contributed by atoms with Crippen molar-refractivity contribution < 1.29 is 18.3 Å². The van der Waals surface area contributed by atoms with Crippen molar-refractivity contribution in [3.63, 3.8) is 0 Å². The van der Waals surface area contributed by atoms with Gasteiger partial charge in [-0.15, -0.1) is 0 Å². The normalized spacial score (nSPS) is 18.6. The number of fused-ring (bicyclic) bond motifs is 1. The number of benzene rings is 3. The summed E-state index contributed by atoms with van der Waals surface area (Å²) in [7, 11) is 0. The molecule has 5 heteroatoms. The molecule has 1 aliphatic heterocycles. The largest absolute Gasteiger partial charge is 0.487 e. The first-order chi connectivity index (χ1) is 15.0. The van der Waals surface area contributed by atoms with Gasteiger partial charge in [-0.2, -0.15) is 0 Å². The van der Waals surface area contributed by atoms with Gasteiger partial charge in [0.15, 0.2) is 0 Å². The van der Waals surface area contributed by atoms with Crippen LogP contribution in [0, 0.1) is 18.6 Å². The second-order valence-corrected chi connectivity index (χ2v) is 8.55. The van der Waals surface area contributed by atoms with Crippen molar-refractivity contribution >= 4 is 11.6 Å². The SMILES string of the molecule is Cc1cccc2c1C(c1ccc(NC(=O)c3c(F)cccc3F)cc1)CC1(CCC1)O2. The van der Waals surface area contributed by atoms with E-state index in [0.717, 1.165) is 42.7 Å². The van der Waals surface area contributed by atoms with Gasteiger partial charge in [0.2, 0.25) is 0 Å². The molecule has 31 heavy (non-hydrogen) atoms. The van der Waals surface area contributed by atoms with Gasteiger partial charge in [-0.05, 0) is 74.1 Å². The average molecular weight is 419 g/mol. The Labute approximate surface area is 180 Å². The maximum Gasteiger partial charge on any atom is 0.261 e. The molecule has 1 heterocycles. The van der Waals surface area contributed by atoms with Crippen molar-refractivity contribution in [3.8, 4) is 5.75 Å². The molecular weight excluding hydrogens is 396 g/mol. The zero-order valence-electron chi connectivity index (χ0n) is 17.3. The van der Waals surface area contributed by atoms with E-state index in [9.17, 15) is 13.6 Å². The highest BCUT2D eigenvalue weighted by atomic mass is 19.1. The number of halogens is 2.